The summed E-state index contributed by atoms with van der Waals surface area (Å²) in [5.74, 6) is 1.60. The second kappa shape index (κ2) is 2.97. The molecule has 1 aliphatic carbocycles. The molecule has 0 N–H and O–H groups in total. The van der Waals surface area contributed by atoms with Crippen molar-refractivity contribution in [1.29, 1.82) is 0 Å². The van der Waals surface area contributed by atoms with Gasteiger partial charge in [0, 0.05) is 5.92 Å². The maximum atomic E-state index is 5.89. The van der Waals surface area contributed by atoms with Gasteiger partial charge in [-0.2, -0.15) is 0 Å². The van der Waals surface area contributed by atoms with Gasteiger partial charge in [0.2, 0.25) is 11.8 Å². The van der Waals surface area contributed by atoms with E-state index in [0.717, 1.165) is 5.89 Å². The monoisotopic (exact) mass is 228 g/mol. The zero-order valence-corrected chi connectivity index (χ0v) is 10.6. The standard InChI is InChI=1S/C11H17ClN2O/c1-6(12)8-13-14-9(15-8)7-10(2,3)11(7,4)5/h6-7H,1-5H3. The Bertz CT molecular complexity index is 368. The van der Waals surface area contributed by atoms with Crippen LogP contribution in [0.2, 0.25) is 0 Å². The van der Waals surface area contributed by atoms with E-state index in [2.05, 4.69) is 37.9 Å². The molecule has 3 nitrogen and oxygen atoms in total. The van der Waals surface area contributed by atoms with E-state index in [1.807, 2.05) is 6.92 Å². The predicted molar refractivity (Wildman–Crippen MR) is 58.9 cm³/mol. The number of halogens is 1. The van der Waals surface area contributed by atoms with Crippen molar-refractivity contribution < 1.29 is 4.42 Å². The lowest BCUT2D eigenvalue weighted by atomic mass is 10.0. The molecule has 0 bridgehead atoms. The van der Waals surface area contributed by atoms with E-state index < -0.39 is 0 Å². The van der Waals surface area contributed by atoms with Crippen molar-refractivity contribution in [3.05, 3.63) is 11.8 Å². The van der Waals surface area contributed by atoms with Gasteiger partial charge in [0.1, 0.15) is 5.38 Å². The number of aromatic nitrogens is 2. The van der Waals surface area contributed by atoms with Crippen molar-refractivity contribution in [2.45, 2.75) is 45.9 Å². The van der Waals surface area contributed by atoms with Gasteiger partial charge in [-0.05, 0) is 17.8 Å². The maximum absolute atomic E-state index is 5.89. The Morgan fingerprint density at radius 2 is 1.73 bits per heavy atom. The third kappa shape index (κ3) is 1.40. The molecule has 1 saturated carbocycles. The fourth-order valence-electron chi connectivity index (χ4n) is 2.34. The fraction of sp³-hybridized carbons (Fsp3) is 0.818. The molecule has 1 heterocycles. The Kier molecular flexibility index (Phi) is 2.16. The van der Waals surface area contributed by atoms with Crippen LogP contribution in [-0.4, -0.2) is 10.2 Å². The molecule has 2 rings (SSSR count). The summed E-state index contributed by atoms with van der Waals surface area (Å²) in [7, 11) is 0. The summed E-state index contributed by atoms with van der Waals surface area (Å²) in [6, 6.07) is 0. The first-order valence-electron chi connectivity index (χ1n) is 5.26. The molecule has 4 heteroatoms. The van der Waals surface area contributed by atoms with E-state index >= 15 is 0 Å². The summed E-state index contributed by atoms with van der Waals surface area (Å²) in [4.78, 5) is 0. The Balaban J connectivity index is 2.26. The van der Waals surface area contributed by atoms with Gasteiger partial charge in [0.05, 0.1) is 0 Å². The quantitative estimate of drug-likeness (QED) is 0.727. The SMILES string of the molecule is CC(Cl)c1nnc(C2C(C)(C)C2(C)C)o1. The Hall–Kier alpha value is -0.570. The van der Waals surface area contributed by atoms with Crippen LogP contribution in [0, 0.1) is 10.8 Å². The second-order valence-electron chi connectivity index (χ2n) is 5.47. The van der Waals surface area contributed by atoms with Gasteiger partial charge in [0.15, 0.2) is 0 Å². The van der Waals surface area contributed by atoms with E-state index in [1.54, 1.807) is 0 Å². The highest BCUT2D eigenvalue weighted by molar-refractivity contribution is 6.20. The molecule has 0 spiro atoms. The highest BCUT2D eigenvalue weighted by Crippen LogP contribution is 2.73. The van der Waals surface area contributed by atoms with Crippen LogP contribution in [-0.2, 0) is 0 Å². The zero-order valence-electron chi connectivity index (χ0n) is 9.84. The van der Waals surface area contributed by atoms with Gasteiger partial charge in [-0.3, -0.25) is 0 Å². The molecule has 15 heavy (non-hydrogen) atoms. The number of hydrogen-bond acceptors (Lipinski definition) is 3. The van der Waals surface area contributed by atoms with Crippen molar-refractivity contribution in [2.75, 3.05) is 0 Å². The van der Waals surface area contributed by atoms with Crippen LogP contribution < -0.4 is 0 Å². The molecule has 0 radical (unpaired) electrons. The smallest absolute Gasteiger partial charge is 0.234 e. The first-order chi connectivity index (χ1) is 6.78. The van der Waals surface area contributed by atoms with Crippen LogP contribution in [0.5, 0.6) is 0 Å². The molecular formula is C11H17ClN2O. The van der Waals surface area contributed by atoms with E-state index in [1.165, 1.54) is 0 Å². The van der Waals surface area contributed by atoms with Crippen molar-refractivity contribution in [3.8, 4) is 0 Å². The minimum absolute atomic E-state index is 0.212. The molecule has 0 aliphatic heterocycles. The van der Waals surface area contributed by atoms with E-state index in [9.17, 15) is 0 Å². The molecule has 1 unspecified atom stereocenters. The van der Waals surface area contributed by atoms with Crippen molar-refractivity contribution in [3.63, 3.8) is 0 Å². The van der Waals surface area contributed by atoms with Crippen LogP contribution in [0.1, 0.15) is 57.7 Å². The second-order valence-corrected chi connectivity index (χ2v) is 6.13. The first-order valence-corrected chi connectivity index (χ1v) is 5.69. The summed E-state index contributed by atoms with van der Waals surface area (Å²) in [6.45, 7) is 10.7. The average Bonchev–Trinajstić information content (AvgIpc) is 2.52. The van der Waals surface area contributed by atoms with Crippen LogP contribution in [0.4, 0.5) is 0 Å². The summed E-state index contributed by atoms with van der Waals surface area (Å²) in [5.41, 5.74) is 0.457. The number of nitrogens with zero attached hydrogens (tertiary/aromatic N) is 2. The summed E-state index contributed by atoms with van der Waals surface area (Å²) in [6.07, 6.45) is 0. The largest absolute Gasteiger partial charge is 0.423 e. The molecule has 1 atom stereocenters. The molecule has 1 aliphatic rings. The van der Waals surface area contributed by atoms with E-state index in [-0.39, 0.29) is 16.2 Å². The minimum Gasteiger partial charge on any atom is -0.423 e. The summed E-state index contributed by atoms with van der Waals surface area (Å²) in [5, 5.41) is 7.84. The van der Waals surface area contributed by atoms with Crippen molar-refractivity contribution in [2.24, 2.45) is 10.8 Å². The molecule has 84 valence electrons. The third-order valence-electron chi connectivity index (χ3n) is 4.06. The fourth-order valence-corrected chi connectivity index (χ4v) is 2.43. The van der Waals surface area contributed by atoms with Crippen LogP contribution in [0.15, 0.2) is 4.42 Å². The molecule has 1 aromatic rings. The lowest BCUT2D eigenvalue weighted by Crippen LogP contribution is -1.95. The lowest BCUT2D eigenvalue weighted by molar-refractivity contribution is 0.431. The lowest BCUT2D eigenvalue weighted by Gasteiger charge is -2.03. The van der Waals surface area contributed by atoms with Gasteiger partial charge in [0.25, 0.3) is 0 Å². The molecular weight excluding hydrogens is 212 g/mol. The van der Waals surface area contributed by atoms with E-state index in [4.69, 9.17) is 16.0 Å². The van der Waals surface area contributed by atoms with Crippen LogP contribution >= 0.6 is 11.6 Å². The van der Waals surface area contributed by atoms with E-state index in [0.29, 0.717) is 11.8 Å². The molecule has 0 saturated heterocycles. The van der Waals surface area contributed by atoms with Gasteiger partial charge < -0.3 is 4.42 Å². The average molecular weight is 229 g/mol. The topological polar surface area (TPSA) is 38.9 Å². The minimum atomic E-state index is -0.212. The number of hydrogen-bond donors (Lipinski definition) is 0. The first kappa shape index (κ1) is 10.9. The third-order valence-corrected chi connectivity index (χ3v) is 4.25. The van der Waals surface area contributed by atoms with Crippen molar-refractivity contribution >= 4 is 11.6 Å². The Labute approximate surface area is 95.2 Å². The van der Waals surface area contributed by atoms with Gasteiger partial charge in [-0.15, -0.1) is 21.8 Å². The maximum Gasteiger partial charge on any atom is 0.234 e. The van der Waals surface area contributed by atoms with Crippen LogP contribution in [0.25, 0.3) is 0 Å². The molecule has 1 fully saturated rings. The van der Waals surface area contributed by atoms with Gasteiger partial charge in [-0.25, -0.2) is 0 Å². The highest BCUT2D eigenvalue weighted by atomic mass is 35.5. The van der Waals surface area contributed by atoms with Gasteiger partial charge in [-0.1, -0.05) is 27.7 Å². The Morgan fingerprint density at radius 1 is 1.20 bits per heavy atom. The summed E-state index contributed by atoms with van der Waals surface area (Å²) >= 11 is 5.89. The number of rotatable bonds is 2. The number of alkyl halides is 1. The molecule has 1 aromatic heterocycles. The Morgan fingerprint density at radius 3 is 2.07 bits per heavy atom. The van der Waals surface area contributed by atoms with Gasteiger partial charge >= 0.3 is 0 Å². The van der Waals surface area contributed by atoms with Crippen molar-refractivity contribution in [1.82, 2.24) is 10.2 Å². The predicted octanol–water partition coefficient (Wildman–Crippen LogP) is 3.52. The van der Waals surface area contributed by atoms with Crippen LogP contribution in [0.3, 0.4) is 0 Å². The molecule has 0 aromatic carbocycles. The summed E-state index contributed by atoms with van der Waals surface area (Å²) < 4.78 is 5.59. The normalized spacial score (nSPS) is 25.2. The highest BCUT2D eigenvalue weighted by Gasteiger charge is 2.67. The zero-order chi connectivity index (χ0) is 11.4. The molecule has 0 amide bonds.